The molecule has 0 unspecified atom stereocenters. The van der Waals surface area contributed by atoms with Gasteiger partial charge < -0.3 is 10.5 Å². The molecule has 5 nitrogen and oxygen atoms in total. The standard InChI is InChI=1S/C12H16N2O3S2/c13-12(18)10-3-1-2-4-11(10)14-19(15,16)9-5-7-17-8-6-9/h1-4,9,14H,5-8H2,(H2,13,18). The van der Waals surface area contributed by atoms with Crippen LogP contribution >= 0.6 is 12.2 Å². The average Bonchev–Trinajstić information content (AvgIpc) is 2.39. The minimum atomic E-state index is -3.44. The second-order valence-corrected chi connectivity index (χ2v) is 6.77. The summed E-state index contributed by atoms with van der Waals surface area (Å²) in [7, 11) is -3.44. The van der Waals surface area contributed by atoms with E-state index in [0.717, 1.165) is 0 Å². The quantitative estimate of drug-likeness (QED) is 0.818. The summed E-state index contributed by atoms with van der Waals surface area (Å²) >= 11 is 4.92. The van der Waals surface area contributed by atoms with Crippen LogP contribution in [-0.4, -0.2) is 31.9 Å². The lowest BCUT2D eigenvalue weighted by atomic mass is 10.2. The van der Waals surface area contributed by atoms with Crippen molar-refractivity contribution in [3.05, 3.63) is 29.8 Å². The van der Waals surface area contributed by atoms with E-state index in [9.17, 15) is 8.42 Å². The van der Waals surface area contributed by atoms with Crippen LogP contribution in [0.2, 0.25) is 0 Å². The molecule has 3 N–H and O–H groups in total. The summed E-state index contributed by atoms with van der Waals surface area (Å²) in [6.45, 7) is 0.949. The molecule has 0 radical (unpaired) electrons. The monoisotopic (exact) mass is 300 g/mol. The molecule has 0 aromatic heterocycles. The molecule has 1 aliphatic rings. The first-order valence-electron chi connectivity index (χ1n) is 5.99. The van der Waals surface area contributed by atoms with Crippen LogP contribution in [0.3, 0.4) is 0 Å². The van der Waals surface area contributed by atoms with Gasteiger partial charge in [0.1, 0.15) is 4.99 Å². The van der Waals surface area contributed by atoms with Crippen LogP contribution in [0.15, 0.2) is 24.3 Å². The van der Waals surface area contributed by atoms with Gasteiger partial charge in [0.15, 0.2) is 0 Å². The van der Waals surface area contributed by atoms with Crippen molar-refractivity contribution in [1.29, 1.82) is 0 Å². The van der Waals surface area contributed by atoms with Crippen LogP contribution in [-0.2, 0) is 14.8 Å². The Kier molecular flexibility index (Phi) is 4.38. The van der Waals surface area contributed by atoms with Crippen LogP contribution in [0.4, 0.5) is 5.69 Å². The number of hydrogen-bond acceptors (Lipinski definition) is 4. The molecule has 2 rings (SSSR count). The normalized spacial score (nSPS) is 17.1. The fourth-order valence-corrected chi connectivity index (χ4v) is 3.65. The Labute approximate surface area is 118 Å². The van der Waals surface area contributed by atoms with Crippen LogP contribution in [0.1, 0.15) is 18.4 Å². The molecule has 0 atom stereocenters. The fraction of sp³-hybridized carbons (Fsp3) is 0.417. The number of ether oxygens (including phenoxy) is 1. The van der Waals surface area contributed by atoms with Crippen molar-refractivity contribution in [2.45, 2.75) is 18.1 Å². The number of sulfonamides is 1. The number of nitrogens with two attached hydrogens (primary N) is 1. The highest BCUT2D eigenvalue weighted by molar-refractivity contribution is 7.93. The first-order valence-corrected chi connectivity index (χ1v) is 7.94. The highest BCUT2D eigenvalue weighted by Gasteiger charge is 2.28. The summed E-state index contributed by atoms with van der Waals surface area (Å²) < 4.78 is 32.3. The summed E-state index contributed by atoms with van der Waals surface area (Å²) in [4.78, 5) is 0.172. The van der Waals surface area contributed by atoms with E-state index >= 15 is 0 Å². The van der Waals surface area contributed by atoms with Gasteiger partial charge in [-0.3, -0.25) is 4.72 Å². The Morgan fingerprint density at radius 1 is 1.32 bits per heavy atom. The van der Waals surface area contributed by atoms with Crippen LogP contribution in [0.5, 0.6) is 0 Å². The Morgan fingerprint density at radius 3 is 2.58 bits per heavy atom. The minimum absolute atomic E-state index is 0.172. The predicted molar refractivity (Wildman–Crippen MR) is 78.7 cm³/mol. The molecular formula is C12H16N2O3S2. The van der Waals surface area contributed by atoms with Gasteiger partial charge in [-0.15, -0.1) is 0 Å². The van der Waals surface area contributed by atoms with Gasteiger partial charge in [0.2, 0.25) is 10.0 Å². The zero-order valence-corrected chi connectivity index (χ0v) is 12.0. The Hall–Kier alpha value is -1.18. The van der Waals surface area contributed by atoms with Crippen molar-refractivity contribution < 1.29 is 13.2 Å². The number of benzene rings is 1. The lowest BCUT2D eigenvalue weighted by molar-refractivity contribution is 0.0984. The van der Waals surface area contributed by atoms with Crippen LogP contribution in [0.25, 0.3) is 0 Å². The van der Waals surface area contributed by atoms with Gasteiger partial charge in [-0.05, 0) is 25.0 Å². The molecule has 0 aliphatic carbocycles. The third kappa shape index (κ3) is 3.43. The van der Waals surface area contributed by atoms with E-state index in [1.165, 1.54) is 0 Å². The summed E-state index contributed by atoms with van der Waals surface area (Å²) in [5.74, 6) is 0. The van der Waals surface area contributed by atoms with Gasteiger partial charge in [-0.2, -0.15) is 0 Å². The van der Waals surface area contributed by atoms with Crippen molar-refractivity contribution in [3.63, 3.8) is 0 Å². The van der Waals surface area contributed by atoms with Crippen LogP contribution < -0.4 is 10.5 Å². The van der Waals surface area contributed by atoms with Crippen LogP contribution in [0, 0.1) is 0 Å². The molecule has 1 aromatic rings. The largest absolute Gasteiger partial charge is 0.389 e. The van der Waals surface area contributed by atoms with E-state index in [0.29, 0.717) is 37.3 Å². The van der Waals surface area contributed by atoms with E-state index in [2.05, 4.69) is 4.72 Å². The molecule has 0 amide bonds. The van der Waals surface area contributed by atoms with Crippen molar-refractivity contribution in [3.8, 4) is 0 Å². The number of nitrogens with one attached hydrogen (secondary N) is 1. The average molecular weight is 300 g/mol. The van der Waals surface area contributed by atoms with Crippen molar-refractivity contribution in [2.75, 3.05) is 17.9 Å². The van der Waals surface area contributed by atoms with E-state index in [1.807, 2.05) is 0 Å². The minimum Gasteiger partial charge on any atom is -0.389 e. The van der Waals surface area contributed by atoms with E-state index in [4.69, 9.17) is 22.7 Å². The number of rotatable bonds is 4. The predicted octanol–water partition coefficient (Wildman–Crippen LogP) is 1.24. The number of hydrogen-bond donors (Lipinski definition) is 2. The highest BCUT2D eigenvalue weighted by atomic mass is 32.2. The maximum absolute atomic E-state index is 12.3. The molecule has 7 heteroatoms. The van der Waals surface area contributed by atoms with E-state index in [1.54, 1.807) is 24.3 Å². The number of para-hydroxylation sites is 1. The first-order chi connectivity index (χ1) is 9.00. The second-order valence-electron chi connectivity index (χ2n) is 4.37. The van der Waals surface area contributed by atoms with Gasteiger partial charge in [0, 0.05) is 18.8 Å². The van der Waals surface area contributed by atoms with Gasteiger partial charge in [0.05, 0.1) is 10.9 Å². The SMILES string of the molecule is NC(=S)c1ccccc1NS(=O)(=O)C1CCOCC1. The molecule has 19 heavy (non-hydrogen) atoms. The van der Waals surface area contributed by atoms with Gasteiger partial charge in [-0.1, -0.05) is 24.4 Å². The molecule has 104 valence electrons. The second kappa shape index (κ2) is 5.85. The summed E-state index contributed by atoms with van der Waals surface area (Å²) in [6, 6.07) is 6.86. The van der Waals surface area contributed by atoms with E-state index < -0.39 is 15.3 Å². The van der Waals surface area contributed by atoms with Crippen molar-refractivity contribution in [2.24, 2.45) is 5.73 Å². The first kappa shape index (κ1) is 14.2. The highest BCUT2D eigenvalue weighted by Crippen LogP contribution is 2.21. The van der Waals surface area contributed by atoms with Gasteiger partial charge in [-0.25, -0.2) is 8.42 Å². The molecule has 1 aliphatic heterocycles. The van der Waals surface area contributed by atoms with Crippen molar-refractivity contribution in [1.82, 2.24) is 0 Å². The van der Waals surface area contributed by atoms with Gasteiger partial charge in [0.25, 0.3) is 0 Å². The molecule has 1 fully saturated rings. The lowest BCUT2D eigenvalue weighted by Gasteiger charge is -2.23. The maximum Gasteiger partial charge on any atom is 0.235 e. The molecular weight excluding hydrogens is 284 g/mol. The fourth-order valence-electron chi connectivity index (χ4n) is 2.01. The third-order valence-corrected chi connectivity index (χ3v) is 5.13. The third-order valence-electron chi connectivity index (χ3n) is 3.05. The zero-order valence-electron chi connectivity index (χ0n) is 10.3. The number of thiocarbonyl (C=S) groups is 1. The zero-order chi connectivity index (χ0) is 13.9. The molecule has 0 bridgehead atoms. The topological polar surface area (TPSA) is 81.4 Å². The molecule has 0 saturated carbocycles. The van der Waals surface area contributed by atoms with E-state index in [-0.39, 0.29) is 4.99 Å². The smallest absolute Gasteiger partial charge is 0.235 e. The molecule has 1 saturated heterocycles. The molecule has 0 spiro atoms. The number of anilines is 1. The Balaban J connectivity index is 2.22. The van der Waals surface area contributed by atoms with Crippen molar-refractivity contribution >= 4 is 32.9 Å². The molecule has 1 heterocycles. The summed E-state index contributed by atoms with van der Waals surface area (Å²) in [6.07, 6.45) is 1.01. The maximum atomic E-state index is 12.3. The van der Waals surface area contributed by atoms with Gasteiger partial charge >= 0.3 is 0 Å². The summed E-state index contributed by atoms with van der Waals surface area (Å²) in [5.41, 5.74) is 6.56. The lowest BCUT2D eigenvalue weighted by Crippen LogP contribution is -2.33. The Morgan fingerprint density at radius 2 is 1.95 bits per heavy atom. The Bertz CT molecular complexity index is 566. The summed E-state index contributed by atoms with van der Waals surface area (Å²) in [5, 5.41) is -0.430. The molecule has 1 aromatic carbocycles.